The molecule has 0 spiro atoms. The van der Waals surface area contributed by atoms with E-state index in [9.17, 15) is 0 Å². The molecule has 1 fully saturated rings. The highest BCUT2D eigenvalue weighted by molar-refractivity contribution is 8.76. The van der Waals surface area contributed by atoms with Crippen LogP contribution in [0.3, 0.4) is 0 Å². The van der Waals surface area contributed by atoms with Crippen molar-refractivity contribution in [2.75, 3.05) is 11.5 Å². The van der Waals surface area contributed by atoms with Gasteiger partial charge in [-0.1, -0.05) is 21.6 Å². The summed E-state index contributed by atoms with van der Waals surface area (Å²) in [5, 5.41) is 17.8. The molecule has 1 aliphatic heterocycles. The third-order valence-electron chi connectivity index (χ3n) is 1.01. The molecule has 0 radical (unpaired) electrons. The van der Waals surface area contributed by atoms with Gasteiger partial charge in [0.25, 0.3) is 0 Å². The molecule has 1 saturated heterocycles. The van der Waals surface area contributed by atoms with E-state index in [-0.39, 0.29) is 0 Å². The summed E-state index contributed by atoms with van der Waals surface area (Å²) >= 11 is 0. The Balaban J connectivity index is 2.28. The Morgan fingerprint density at radius 2 is 1.38 bits per heavy atom. The molecule has 2 N–H and O–H groups in total. The first-order valence-electron chi connectivity index (χ1n) is 2.41. The highest BCUT2D eigenvalue weighted by Gasteiger charge is 2.20. The van der Waals surface area contributed by atoms with Crippen molar-refractivity contribution in [3.8, 4) is 0 Å². The van der Waals surface area contributed by atoms with Gasteiger partial charge >= 0.3 is 0 Å². The molecule has 0 aliphatic carbocycles. The number of aliphatic hydroxyl groups excluding tert-OH is 2. The topological polar surface area (TPSA) is 40.5 Å². The van der Waals surface area contributed by atoms with E-state index in [1.807, 2.05) is 0 Å². The van der Waals surface area contributed by atoms with Crippen molar-refractivity contribution >= 4 is 21.6 Å². The van der Waals surface area contributed by atoms with Crippen LogP contribution in [0.5, 0.6) is 0 Å². The summed E-state index contributed by atoms with van der Waals surface area (Å²) < 4.78 is 0. The number of rotatable bonds is 0. The fourth-order valence-corrected chi connectivity index (χ4v) is 2.79. The molecule has 0 aromatic carbocycles. The van der Waals surface area contributed by atoms with E-state index in [0.29, 0.717) is 11.5 Å². The van der Waals surface area contributed by atoms with E-state index in [2.05, 4.69) is 0 Å². The first kappa shape index (κ1) is 6.74. The van der Waals surface area contributed by atoms with Gasteiger partial charge in [-0.3, -0.25) is 0 Å². The van der Waals surface area contributed by atoms with Gasteiger partial charge in [0.2, 0.25) is 0 Å². The Morgan fingerprint density at radius 3 is 1.62 bits per heavy atom. The smallest absolute Gasteiger partial charge is 0.0906 e. The molecule has 0 amide bonds. The Bertz CT molecular complexity index is 68.4. The van der Waals surface area contributed by atoms with Crippen LogP contribution in [0.2, 0.25) is 0 Å². The largest absolute Gasteiger partial charge is 0.390 e. The van der Waals surface area contributed by atoms with E-state index in [1.54, 1.807) is 21.6 Å². The minimum absolute atomic E-state index is 0.499. The van der Waals surface area contributed by atoms with Gasteiger partial charge in [-0.2, -0.15) is 0 Å². The zero-order chi connectivity index (χ0) is 5.98. The van der Waals surface area contributed by atoms with Crippen LogP contribution in [0.1, 0.15) is 0 Å². The Labute approximate surface area is 56.1 Å². The van der Waals surface area contributed by atoms with E-state index < -0.39 is 12.2 Å². The van der Waals surface area contributed by atoms with Crippen molar-refractivity contribution in [2.24, 2.45) is 0 Å². The maximum atomic E-state index is 8.89. The molecule has 2 nitrogen and oxygen atoms in total. The summed E-state index contributed by atoms with van der Waals surface area (Å²) in [4.78, 5) is 0. The second kappa shape index (κ2) is 2.96. The lowest BCUT2D eigenvalue weighted by Crippen LogP contribution is -2.32. The molecule has 1 aliphatic rings. The average molecular weight is 152 g/mol. The van der Waals surface area contributed by atoms with Crippen molar-refractivity contribution in [3.63, 3.8) is 0 Å². The Morgan fingerprint density at radius 1 is 1.00 bits per heavy atom. The molecule has 0 aromatic heterocycles. The molecule has 1 heterocycles. The first-order valence-corrected chi connectivity index (χ1v) is 4.90. The maximum absolute atomic E-state index is 8.89. The Kier molecular flexibility index (Phi) is 2.49. The van der Waals surface area contributed by atoms with Crippen molar-refractivity contribution in [1.29, 1.82) is 0 Å². The van der Waals surface area contributed by atoms with Crippen LogP contribution >= 0.6 is 21.6 Å². The van der Waals surface area contributed by atoms with Crippen LogP contribution in [0.15, 0.2) is 0 Å². The molecule has 4 heteroatoms. The standard InChI is InChI=1S/C4H8O2S2/c5-3-1-7-8-2-4(3)6/h3-6H,1-2H2/t3-,4-/m1/s1. The van der Waals surface area contributed by atoms with Gasteiger partial charge in [0.1, 0.15) is 0 Å². The summed E-state index contributed by atoms with van der Waals surface area (Å²) in [6, 6.07) is 0. The van der Waals surface area contributed by atoms with Crippen LogP contribution < -0.4 is 0 Å². The zero-order valence-corrected chi connectivity index (χ0v) is 5.91. The number of aliphatic hydroxyl groups is 2. The third-order valence-corrected chi connectivity index (χ3v) is 3.44. The predicted molar refractivity (Wildman–Crippen MR) is 36.9 cm³/mol. The van der Waals surface area contributed by atoms with Crippen molar-refractivity contribution in [3.05, 3.63) is 0 Å². The lowest BCUT2D eigenvalue weighted by molar-refractivity contribution is 0.0493. The van der Waals surface area contributed by atoms with Gasteiger partial charge in [-0.05, 0) is 0 Å². The maximum Gasteiger partial charge on any atom is 0.0906 e. The van der Waals surface area contributed by atoms with Gasteiger partial charge in [0.05, 0.1) is 12.2 Å². The van der Waals surface area contributed by atoms with Crippen LogP contribution in [0, 0.1) is 0 Å². The third kappa shape index (κ3) is 1.55. The second-order valence-electron chi connectivity index (χ2n) is 1.70. The SMILES string of the molecule is O[C@@H]1CSSC[C@H]1O. The van der Waals surface area contributed by atoms with Gasteiger partial charge in [0, 0.05) is 11.5 Å². The molecule has 8 heavy (non-hydrogen) atoms. The van der Waals surface area contributed by atoms with Crippen molar-refractivity contribution in [2.45, 2.75) is 12.2 Å². The van der Waals surface area contributed by atoms with E-state index >= 15 is 0 Å². The minimum Gasteiger partial charge on any atom is -0.390 e. The second-order valence-corrected chi connectivity index (χ2v) is 4.26. The highest BCUT2D eigenvalue weighted by Crippen LogP contribution is 2.29. The molecule has 2 atom stereocenters. The van der Waals surface area contributed by atoms with E-state index in [1.165, 1.54) is 0 Å². The summed E-state index contributed by atoms with van der Waals surface area (Å²) in [5.41, 5.74) is 0. The first-order chi connectivity index (χ1) is 3.80. The molecule has 0 unspecified atom stereocenters. The quantitative estimate of drug-likeness (QED) is 0.483. The van der Waals surface area contributed by atoms with Gasteiger partial charge in [-0.25, -0.2) is 0 Å². The fraction of sp³-hybridized carbons (Fsp3) is 1.00. The zero-order valence-electron chi connectivity index (χ0n) is 4.28. The Hall–Kier alpha value is 0.620. The summed E-state index contributed by atoms with van der Waals surface area (Å²) in [6.07, 6.45) is -0.998. The van der Waals surface area contributed by atoms with Crippen LogP contribution in [-0.4, -0.2) is 33.9 Å². The number of hydrogen-bond acceptors (Lipinski definition) is 4. The van der Waals surface area contributed by atoms with Gasteiger partial charge < -0.3 is 10.2 Å². The molecular weight excluding hydrogens is 144 g/mol. The summed E-state index contributed by atoms with van der Waals surface area (Å²) in [5.74, 6) is 1.32. The monoisotopic (exact) mass is 152 g/mol. The van der Waals surface area contributed by atoms with Crippen LogP contribution in [-0.2, 0) is 0 Å². The van der Waals surface area contributed by atoms with Crippen molar-refractivity contribution in [1.82, 2.24) is 0 Å². The molecule has 1 rings (SSSR count). The lowest BCUT2D eigenvalue weighted by Gasteiger charge is -2.20. The normalized spacial score (nSPS) is 39.8. The lowest BCUT2D eigenvalue weighted by atomic mass is 10.3. The minimum atomic E-state index is -0.499. The van der Waals surface area contributed by atoms with Crippen LogP contribution in [0.25, 0.3) is 0 Å². The summed E-state index contributed by atoms with van der Waals surface area (Å²) in [6.45, 7) is 0. The molecular formula is C4H8O2S2. The van der Waals surface area contributed by atoms with Gasteiger partial charge in [0.15, 0.2) is 0 Å². The molecule has 0 aromatic rings. The van der Waals surface area contributed by atoms with E-state index in [4.69, 9.17) is 10.2 Å². The fourth-order valence-electron chi connectivity index (χ4n) is 0.458. The molecule has 48 valence electrons. The highest BCUT2D eigenvalue weighted by atomic mass is 33.1. The van der Waals surface area contributed by atoms with Gasteiger partial charge in [-0.15, -0.1) is 0 Å². The average Bonchev–Trinajstić information content (AvgIpc) is 1.77. The van der Waals surface area contributed by atoms with Crippen LogP contribution in [0.4, 0.5) is 0 Å². The van der Waals surface area contributed by atoms with Crippen molar-refractivity contribution < 1.29 is 10.2 Å². The van der Waals surface area contributed by atoms with E-state index in [0.717, 1.165) is 0 Å². The summed E-state index contributed by atoms with van der Waals surface area (Å²) in [7, 11) is 3.23. The predicted octanol–water partition coefficient (Wildman–Crippen LogP) is 0.103. The molecule has 0 saturated carbocycles. The number of hydrogen-bond donors (Lipinski definition) is 2. The molecule has 0 bridgehead atoms.